The zero-order chi connectivity index (χ0) is 9.53. The van der Waals surface area contributed by atoms with Crippen molar-refractivity contribution in [3.05, 3.63) is 0 Å². The molecule has 0 aromatic heterocycles. The zero-order valence-electron chi connectivity index (χ0n) is 7.61. The Kier molecular flexibility index (Phi) is 2.09. The van der Waals surface area contributed by atoms with Gasteiger partial charge in [0.1, 0.15) is 0 Å². The molecule has 0 amide bonds. The second kappa shape index (κ2) is 2.90. The van der Waals surface area contributed by atoms with E-state index in [1.165, 1.54) is 12.8 Å². The summed E-state index contributed by atoms with van der Waals surface area (Å²) in [6.45, 7) is -3.31. The third kappa shape index (κ3) is 2.39. The SMILES string of the molecule is F[B-](F)(F)CN1CCC2(CC1)CC2. The molecular weight excluding hydrogens is 178 g/mol. The van der Waals surface area contributed by atoms with Crippen LogP contribution in [0.3, 0.4) is 0 Å². The van der Waals surface area contributed by atoms with Crippen molar-refractivity contribution in [2.24, 2.45) is 5.41 Å². The molecular formula is C8H14BF3N-. The molecule has 0 unspecified atom stereocenters. The van der Waals surface area contributed by atoms with Crippen LogP contribution >= 0.6 is 0 Å². The van der Waals surface area contributed by atoms with Crippen LogP contribution in [0.25, 0.3) is 0 Å². The predicted octanol–water partition coefficient (Wildman–Crippen LogP) is 2.25. The molecule has 0 atom stereocenters. The number of likely N-dealkylation sites (tertiary alicyclic amines) is 1. The molecule has 1 spiro atoms. The van der Waals surface area contributed by atoms with E-state index in [2.05, 4.69) is 0 Å². The summed E-state index contributed by atoms with van der Waals surface area (Å²) in [5.74, 6) is 0. The zero-order valence-corrected chi connectivity index (χ0v) is 7.61. The van der Waals surface area contributed by atoms with E-state index >= 15 is 0 Å². The Morgan fingerprint density at radius 2 is 1.54 bits per heavy atom. The summed E-state index contributed by atoms with van der Waals surface area (Å²) >= 11 is 0. The Hall–Kier alpha value is -0.185. The van der Waals surface area contributed by atoms with Crippen molar-refractivity contribution in [2.45, 2.75) is 25.7 Å². The van der Waals surface area contributed by atoms with Gasteiger partial charge in [0.15, 0.2) is 0 Å². The van der Waals surface area contributed by atoms with Crippen molar-refractivity contribution in [3.63, 3.8) is 0 Å². The minimum Gasteiger partial charge on any atom is -0.448 e. The van der Waals surface area contributed by atoms with E-state index in [0.717, 1.165) is 12.8 Å². The van der Waals surface area contributed by atoms with Gasteiger partial charge in [0.2, 0.25) is 0 Å². The third-order valence-corrected chi connectivity index (χ3v) is 3.34. The van der Waals surface area contributed by atoms with Crippen LogP contribution < -0.4 is 0 Å². The lowest BCUT2D eigenvalue weighted by atomic mass is 9.87. The monoisotopic (exact) mass is 192 g/mol. The molecule has 0 aromatic carbocycles. The van der Waals surface area contributed by atoms with Gasteiger partial charge in [-0.05, 0) is 50.6 Å². The molecule has 2 aliphatic rings. The van der Waals surface area contributed by atoms with Gasteiger partial charge in [-0.2, -0.15) is 0 Å². The van der Waals surface area contributed by atoms with Crippen molar-refractivity contribution in [1.82, 2.24) is 4.90 Å². The Bertz CT molecular complexity index is 190. The first kappa shape index (κ1) is 9.37. The summed E-state index contributed by atoms with van der Waals surface area (Å²) in [5.41, 5.74) is 0.481. The number of hydrogen-bond donors (Lipinski definition) is 0. The Labute approximate surface area is 76.3 Å². The molecule has 2 rings (SSSR count). The van der Waals surface area contributed by atoms with Crippen molar-refractivity contribution in [1.29, 1.82) is 0 Å². The minimum atomic E-state index is -4.62. The van der Waals surface area contributed by atoms with Crippen molar-refractivity contribution >= 4 is 6.98 Å². The molecule has 1 saturated carbocycles. The Morgan fingerprint density at radius 3 is 1.92 bits per heavy atom. The Balaban J connectivity index is 1.78. The van der Waals surface area contributed by atoms with Crippen LogP contribution in [-0.4, -0.2) is 31.4 Å². The number of piperidine rings is 1. The number of rotatable bonds is 2. The maximum absolute atomic E-state index is 12.1. The van der Waals surface area contributed by atoms with E-state index in [9.17, 15) is 12.9 Å². The summed E-state index contributed by atoms with van der Waals surface area (Å²) in [7, 11) is 0. The van der Waals surface area contributed by atoms with Gasteiger partial charge in [-0.25, -0.2) is 0 Å². The van der Waals surface area contributed by atoms with E-state index < -0.39 is 13.4 Å². The van der Waals surface area contributed by atoms with Gasteiger partial charge in [0.05, 0.1) is 0 Å². The molecule has 76 valence electrons. The van der Waals surface area contributed by atoms with Crippen LogP contribution in [0.1, 0.15) is 25.7 Å². The largest absolute Gasteiger partial charge is 0.492 e. The topological polar surface area (TPSA) is 3.24 Å². The maximum atomic E-state index is 12.1. The first-order chi connectivity index (χ1) is 5.99. The molecule has 1 nitrogen and oxygen atoms in total. The van der Waals surface area contributed by atoms with Crippen LogP contribution in [0.5, 0.6) is 0 Å². The number of nitrogens with zero attached hydrogens (tertiary/aromatic N) is 1. The fourth-order valence-electron chi connectivity index (χ4n) is 2.18. The quantitative estimate of drug-likeness (QED) is 0.606. The van der Waals surface area contributed by atoms with Crippen molar-refractivity contribution in [3.8, 4) is 0 Å². The van der Waals surface area contributed by atoms with E-state index in [1.807, 2.05) is 0 Å². The van der Waals surface area contributed by atoms with Crippen molar-refractivity contribution < 1.29 is 12.9 Å². The second-order valence-corrected chi connectivity index (χ2v) is 4.51. The second-order valence-electron chi connectivity index (χ2n) is 4.51. The number of halogens is 3. The lowest BCUT2D eigenvalue weighted by Crippen LogP contribution is -2.43. The van der Waals surface area contributed by atoms with E-state index in [4.69, 9.17) is 0 Å². The maximum Gasteiger partial charge on any atom is 0.492 e. The van der Waals surface area contributed by atoms with Crippen LogP contribution in [0, 0.1) is 5.41 Å². The van der Waals surface area contributed by atoms with Gasteiger partial charge in [0, 0.05) is 0 Å². The molecule has 0 N–H and O–H groups in total. The molecule has 1 saturated heterocycles. The van der Waals surface area contributed by atoms with Crippen LogP contribution in [0.15, 0.2) is 0 Å². The van der Waals surface area contributed by atoms with Gasteiger partial charge in [-0.15, -0.1) is 0 Å². The summed E-state index contributed by atoms with van der Waals surface area (Å²) in [4.78, 5) is 1.56. The highest BCUT2D eigenvalue weighted by atomic mass is 19.4. The summed E-state index contributed by atoms with van der Waals surface area (Å²) in [5, 5.41) is 0. The standard InChI is InChI=1S/C8H14BF3N/c10-9(11,12)7-13-5-3-8(1-2-8)4-6-13/h1-7H2/q-1. The van der Waals surface area contributed by atoms with E-state index in [-0.39, 0.29) is 0 Å². The average Bonchev–Trinajstić information content (AvgIpc) is 2.73. The summed E-state index contributed by atoms with van der Waals surface area (Å²) in [6, 6.07) is 0. The van der Waals surface area contributed by atoms with Crippen LogP contribution in [0.4, 0.5) is 12.9 Å². The molecule has 13 heavy (non-hydrogen) atoms. The van der Waals surface area contributed by atoms with Gasteiger partial charge < -0.3 is 17.8 Å². The predicted molar refractivity (Wildman–Crippen MR) is 46.4 cm³/mol. The van der Waals surface area contributed by atoms with Gasteiger partial charge in [-0.3, -0.25) is 0 Å². The molecule has 0 radical (unpaired) electrons. The molecule has 5 heteroatoms. The van der Waals surface area contributed by atoms with Crippen LogP contribution in [-0.2, 0) is 0 Å². The lowest BCUT2D eigenvalue weighted by Gasteiger charge is -2.35. The highest BCUT2D eigenvalue weighted by molar-refractivity contribution is 6.58. The molecule has 1 aliphatic heterocycles. The van der Waals surface area contributed by atoms with E-state index in [1.54, 1.807) is 4.90 Å². The highest BCUT2D eigenvalue weighted by Gasteiger charge is 2.44. The third-order valence-electron chi connectivity index (χ3n) is 3.34. The van der Waals surface area contributed by atoms with Gasteiger partial charge in [-0.1, -0.05) is 0 Å². The van der Waals surface area contributed by atoms with E-state index in [0.29, 0.717) is 18.5 Å². The van der Waals surface area contributed by atoms with Gasteiger partial charge >= 0.3 is 6.98 Å². The highest BCUT2D eigenvalue weighted by Crippen LogP contribution is 2.53. The first-order valence-corrected chi connectivity index (χ1v) is 4.93. The summed E-state index contributed by atoms with van der Waals surface area (Å²) < 4.78 is 36.2. The smallest absolute Gasteiger partial charge is 0.448 e. The molecule has 1 aliphatic carbocycles. The fourth-order valence-corrected chi connectivity index (χ4v) is 2.18. The minimum absolute atomic E-state index is 0.481. The molecule has 1 heterocycles. The normalized spacial score (nSPS) is 27.9. The van der Waals surface area contributed by atoms with Gasteiger partial charge in [0.25, 0.3) is 0 Å². The first-order valence-electron chi connectivity index (χ1n) is 4.93. The van der Waals surface area contributed by atoms with Crippen molar-refractivity contribution in [2.75, 3.05) is 19.5 Å². The van der Waals surface area contributed by atoms with Crippen LogP contribution in [0.2, 0.25) is 0 Å². The summed E-state index contributed by atoms with van der Waals surface area (Å²) in [6.07, 6.45) is 3.81. The number of hydrogen-bond acceptors (Lipinski definition) is 1. The molecule has 2 fully saturated rings. The average molecular weight is 192 g/mol. The molecule has 0 aromatic rings. The fraction of sp³-hybridized carbons (Fsp3) is 1.00. The molecule has 0 bridgehead atoms. The Morgan fingerprint density at radius 1 is 1.00 bits per heavy atom. The lowest BCUT2D eigenvalue weighted by molar-refractivity contribution is 0.181.